The van der Waals surface area contributed by atoms with Crippen molar-refractivity contribution >= 4 is 5.91 Å². The summed E-state index contributed by atoms with van der Waals surface area (Å²) in [6.45, 7) is 0.724. The van der Waals surface area contributed by atoms with Crippen LogP contribution in [0.3, 0.4) is 0 Å². The van der Waals surface area contributed by atoms with Gasteiger partial charge in [-0.05, 0) is 37.1 Å². The molecular weight excluding hydrogens is 368 g/mol. The second-order valence-electron chi connectivity index (χ2n) is 7.04. The molecule has 0 aliphatic carbocycles. The lowest BCUT2D eigenvalue weighted by Crippen LogP contribution is -2.32. The predicted molar refractivity (Wildman–Crippen MR) is 109 cm³/mol. The predicted octanol–water partition coefficient (Wildman–Crippen LogP) is 4.27. The molecule has 0 saturated carbocycles. The van der Waals surface area contributed by atoms with Crippen LogP contribution in [0.5, 0.6) is 11.5 Å². The number of carbonyl (C=O) groups excluding carboxylic acids is 1. The fourth-order valence-electron chi connectivity index (χ4n) is 3.84. The van der Waals surface area contributed by atoms with Crippen molar-refractivity contribution < 1.29 is 18.7 Å². The molecule has 0 radical (unpaired) electrons. The first-order valence-electron chi connectivity index (χ1n) is 9.71. The van der Waals surface area contributed by atoms with Crippen molar-refractivity contribution in [2.24, 2.45) is 0 Å². The van der Waals surface area contributed by atoms with Crippen LogP contribution in [-0.2, 0) is 11.2 Å². The van der Waals surface area contributed by atoms with E-state index in [1.807, 2.05) is 53.4 Å². The summed E-state index contributed by atoms with van der Waals surface area (Å²) in [5.41, 5.74) is 2.54. The summed E-state index contributed by atoms with van der Waals surface area (Å²) in [5, 5.41) is 0. The highest BCUT2D eigenvalue weighted by Crippen LogP contribution is 2.39. The summed E-state index contributed by atoms with van der Waals surface area (Å²) in [6.07, 6.45) is 3.65. The highest BCUT2D eigenvalue weighted by Gasteiger charge is 2.32. The van der Waals surface area contributed by atoms with Gasteiger partial charge in [-0.2, -0.15) is 0 Å². The van der Waals surface area contributed by atoms with Crippen LogP contribution >= 0.6 is 0 Å². The van der Waals surface area contributed by atoms with E-state index in [0.29, 0.717) is 11.6 Å². The van der Waals surface area contributed by atoms with Crippen LogP contribution in [0.15, 0.2) is 59.2 Å². The smallest absolute Gasteiger partial charge is 0.229 e. The van der Waals surface area contributed by atoms with Gasteiger partial charge < -0.3 is 18.8 Å². The highest BCUT2D eigenvalue weighted by atomic mass is 16.5. The Labute approximate surface area is 170 Å². The lowest BCUT2D eigenvalue weighted by Gasteiger charge is -2.26. The Morgan fingerprint density at radius 1 is 1.17 bits per heavy atom. The van der Waals surface area contributed by atoms with Crippen LogP contribution in [0, 0.1) is 0 Å². The maximum atomic E-state index is 13.0. The Balaban J connectivity index is 1.51. The molecule has 2 heterocycles. The van der Waals surface area contributed by atoms with Crippen LogP contribution in [0.2, 0.25) is 0 Å². The maximum Gasteiger partial charge on any atom is 0.229 e. The first-order valence-corrected chi connectivity index (χ1v) is 9.71. The minimum atomic E-state index is -0.0103. The molecule has 1 atom stereocenters. The number of hydrogen-bond donors (Lipinski definition) is 0. The van der Waals surface area contributed by atoms with Crippen molar-refractivity contribution in [3.05, 3.63) is 66.1 Å². The van der Waals surface area contributed by atoms with E-state index in [-0.39, 0.29) is 18.4 Å². The van der Waals surface area contributed by atoms with Crippen molar-refractivity contribution in [3.8, 4) is 23.0 Å². The molecule has 1 amide bonds. The molecule has 0 bridgehead atoms. The number of ether oxygens (including phenoxy) is 2. The highest BCUT2D eigenvalue weighted by molar-refractivity contribution is 5.79. The Hall–Kier alpha value is -3.28. The number of methoxy groups -OCH3 is 2. The molecule has 1 saturated heterocycles. The number of benzene rings is 2. The van der Waals surface area contributed by atoms with Gasteiger partial charge in [-0.25, -0.2) is 4.98 Å². The number of hydrogen-bond acceptors (Lipinski definition) is 5. The van der Waals surface area contributed by atoms with Gasteiger partial charge in [0.1, 0.15) is 17.8 Å². The lowest BCUT2D eigenvalue weighted by molar-refractivity contribution is -0.131. The van der Waals surface area contributed by atoms with Gasteiger partial charge in [0.2, 0.25) is 11.8 Å². The summed E-state index contributed by atoms with van der Waals surface area (Å²) in [4.78, 5) is 19.5. The van der Waals surface area contributed by atoms with Crippen LogP contribution in [0.1, 0.15) is 30.1 Å². The van der Waals surface area contributed by atoms with Crippen LogP contribution in [0.4, 0.5) is 0 Å². The first kappa shape index (κ1) is 19.1. The van der Waals surface area contributed by atoms with E-state index in [4.69, 9.17) is 13.9 Å². The SMILES string of the molecule is COc1ccc([C@H]2CCCN2C(=O)Cc2coc(-c3ccccc3)n2)c(OC)c1. The number of aromatic nitrogens is 1. The van der Waals surface area contributed by atoms with Gasteiger partial charge in [0.15, 0.2) is 0 Å². The molecule has 4 rings (SSSR count). The standard InChI is InChI=1S/C23H24N2O4/c1-27-18-10-11-19(21(14-18)28-2)20-9-6-12-25(20)22(26)13-17-15-29-23(24-17)16-7-4-3-5-8-16/h3-5,7-8,10-11,14-15,20H,6,9,12-13H2,1-2H3/t20-/m1/s1. The molecule has 3 aromatic rings. The Bertz CT molecular complexity index is 984. The Morgan fingerprint density at radius 3 is 2.76 bits per heavy atom. The fourth-order valence-corrected chi connectivity index (χ4v) is 3.84. The van der Waals surface area contributed by atoms with Crippen LogP contribution in [0.25, 0.3) is 11.5 Å². The van der Waals surface area contributed by atoms with E-state index in [9.17, 15) is 4.79 Å². The second kappa shape index (κ2) is 8.39. The van der Waals surface area contributed by atoms with E-state index in [1.54, 1.807) is 20.5 Å². The summed E-state index contributed by atoms with van der Waals surface area (Å²) >= 11 is 0. The van der Waals surface area contributed by atoms with Crippen LogP contribution in [-0.4, -0.2) is 36.6 Å². The molecule has 1 aromatic heterocycles. The minimum Gasteiger partial charge on any atom is -0.497 e. The largest absolute Gasteiger partial charge is 0.497 e. The molecule has 6 heteroatoms. The van der Waals surface area contributed by atoms with Gasteiger partial charge in [-0.15, -0.1) is 0 Å². The van der Waals surface area contributed by atoms with E-state index in [2.05, 4.69) is 4.98 Å². The number of likely N-dealkylation sites (tertiary alicyclic amines) is 1. The third kappa shape index (κ3) is 3.97. The maximum absolute atomic E-state index is 13.0. The molecule has 29 heavy (non-hydrogen) atoms. The Kier molecular flexibility index (Phi) is 5.51. The number of amides is 1. The second-order valence-corrected chi connectivity index (χ2v) is 7.04. The molecule has 6 nitrogen and oxygen atoms in total. The molecule has 1 aliphatic rings. The molecule has 1 aliphatic heterocycles. The third-order valence-electron chi connectivity index (χ3n) is 5.28. The zero-order valence-electron chi connectivity index (χ0n) is 16.6. The number of carbonyl (C=O) groups is 1. The zero-order chi connectivity index (χ0) is 20.2. The van der Waals surface area contributed by atoms with Crippen molar-refractivity contribution in [2.75, 3.05) is 20.8 Å². The zero-order valence-corrected chi connectivity index (χ0v) is 16.6. The number of oxazole rings is 1. The quantitative estimate of drug-likeness (QED) is 0.627. The fraction of sp³-hybridized carbons (Fsp3) is 0.304. The third-order valence-corrected chi connectivity index (χ3v) is 5.28. The molecule has 1 fully saturated rings. The van der Waals surface area contributed by atoms with Gasteiger partial charge in [0.05, 0.1) is 32.4 Å². The molecular formula is C23H24N2O4. The number of rotatable bonds is 6. The Morgan fingerprint density at radius 2 is 2.00 bits per heavy atom. The van der Waals surface area contributed by atoms with Gasteiger partial charge in [0, 0.05) is 23.7 Å². The van der Waals surface area contributed by atoms with E-state index in [0.717, 1.165) is 42.0 Å². The van der Waals surface area contributed by atoms with Gasteiger partial charge in [0.25, 0.3) is 0 Å². The normalized spacial score (nSPS) is 16.1. The van der Waals surface area contributed by atoms with Crippen LogP contribution < -0.4 is 9.47 Å². The van der Waals surface area contributed by atoms with E-state index in [1.165, 1.54) is 0 Å². The average Bonchev–Trinajstić information content (AvgIpc) is 3.43. The van der Waals surface area contributed by atoms with Crippen molar-refractivity contribution in [1.82, 2.24) is 9.88 Å². The molecule has 0 unspecified atom stereocenters. The molecule has 0 N–H and O–H groups in total. The van der Waals surface area contributed by atoms with Crippen molar-refractivity contribution in [2.45, 2.75) is 25.3 Å². The summed E-state index contributed by atoms with van der Waals surface area (Å²) in [7, 11) is 3.27. The lowest BCUT2D eigenvalue weighted by atomic mass is 10.0. The monoisotopic (exact) mass is 392 g/mol. The van der Waals surface area contributed by atoms with E-state index < -0.39 is 0 Å². The first-order chi connectivity index (χ1) is 14.2. The summed E-state index contributed by atoms with van der Waals surface area (Å²) in [5.74, 6) is 2.04. The summed E-state index contributed by atoms with van der Waals surface area (Å²) < 4.78 is 16.4. The molecule has 0 spiro atoms. The van der Waals surface area contributed by atoms with E-state index >= 15 is 0 Å². The molecule has 2 aromatic carbocycles. The average molecular weight is 392 g/mol. The van der Waals surface area contributed by atoms with Crippen molar-refractivity contribution in [1.29, 1.82) is 0 Å². The summed E-state index contributed by atoms with van der Waals surface area (Å²) in [6, 6.07) is 15.4. The number of nitrogens with zero attached hydrogens (tertiary/aromatic N) is 2. The molecule has 150 valence electrons. The van der Waals surface area contributed by atoms with Crippen molar-refractivity contribution in [3.63, 3.8) is 0 Å². The van der Waals surface area contributed by atoms with Gasteiger partial charge >= 0.3 is 0 Å². The topological polar surface area (TPSA) is 64.8 Å². The minimum absolute atomic E-state index is 0.0103. The van der Waals surface area contributed by atoms with Gasteiger partial charge in [-0.3, -0.25) is 4.79 Å². The van der Waals surface area contributed by atoms with Gasteiger partial charge in [-0.1, -0.05) is 18.2 Å².